The monoisotopic (exact) mass is 266 g/mol. The Morgan fingerprint density at radius 2 is 1.58 bits per heavy atom. The Labute approximate surface area is 118 Å². The number of carbonyl (C=O) groups excluding carboxylic acids is 1. The summed E-state index contributed by atoms with van der Waals surface area (Å²) >= 11 is 0. The lowest BCUT2D eigenvalue weighted by molar-refractivity contribution is -0.162. The molecule has 2 aliphatic rings. The van der Waals surface area contributed by atoms with Crippen molar-refractivity contribution >= 4 is 5.97 Å². The Hall–Kier alpha value is -0.530. The molecule has 2 nitrogen and oxygen atoms in total. The summed E-state index contributed by atoms with van der Waals surface area (Å²) in [6.45, 7) is 13.2. The van der Waals surface area contributed by atoms with Gasteiger partial charge in [0, 0.05) is 0 Å². The minimum atomic E-state index is 0.0688. The van der Waals surface area contributed by atoms with Gasteiger partial charge in [-0.1, -0.05) is 41.5 Å². The van der Waals surface area contributed by atoms with Crippen LogP contribution in [0.3, 0.4) is 0 Å². The number of esters is 1. The average Bonchev–Trinajstić information content (AvgIpc) is 2.86. The van der Waals surface area contributed by atoms with Crippen molar-refractivity contribution in [3.63, 3.8) is 0 Å². The van der Waals surface area contributed by atoms with Gasteiger partial charge in [0.2, 0.25) is 0 Å². The summed E-state index contributed by atoms with van der Waals surface area (Å²) in [5, 5.41) is 0. The van der Waals surface area contributed by atoms with E-state index >= 15 is 0 Å². The van der Waals surface area contributed by atoms with Crippen molar-refractivity contribution < 1.29 is 9.53 Å². The summed E-state index contributed by atoms with van der Waals surface area (Å²) in [5.41, 5.74) is 0. The fourth-order valence-corrected chi connectivity index (χ4v) is 4.48. The van der Waals surface area contributed by atoms with E-state index in [1.54, 1.807) is 0 Å². The van der Waals surface area contributed by atoms with Crippen molar-refractivity contribution in [3.05, 3.63) is 0 Å². The van der Waals surface area contributed by atoms with Crippen molar-refractivity contribution in [1.82, 2.24) is 0 Å². The zero-order valence-electron chi connectivity index (χ0n) is 13.3. The Kier molecular flexibility index (Phi) is 4.27. The molecule has 2 aliphatic carbocycles. The molecule has 5 unspecified atom stereocenters. The van der Waals surface area contributed by atoms with Crippen LogP contribution in [0, 0.1) is 41.4 Å². The van der Waals surface area contributed by atoms with Gasteiger partial charge in [-0.25, -0.2) is 0 Å². The molecule has 0 heterocycles. The molecule has 0 aromatic carbocycles. The average molecular weight is 266 g/mol. The highest BCUT2D eigenvalue weighted by Gasteiger charge is 2.52. The van der Waals surface area contributed by atoms with Gasteiger partial charge in [-0.3, -0.25) is 4.79 Å². The fourth-order valence-electron chi connectivity index (χ4n) is 4.48. The largest absolute Gasteiger partial charge is 0.462 e. The molecule has 0 aromatic rings. The predicted octanol–water partition coefficient (Wildman–Crippen LogP) is 4.14. The summed E-state index contributed by atoms with van der Waals surface area (Å²) in [4.78, 5) is 12.5. The van der Waals surface area contributed by atoms with Crippen molar-refractivity contribution in [2.24, 2.45) is 41.4 Å². The van der Waals surface area contributed by atoms with Crippen LogP contribution in [0.5, 0.6) is 0 Å². The molecule has 110 valence electrons. The van der Waals surface area contributed by atoms with E-state index in [0.29, 0.717) is 23.7 Å². The normalized spacial score (nSPS) is 37.6. The predicted molar refractivity (Wildman–Crippen MR) is 77.6 cm³/mol. The molecule has 2 rings (SSSR count). The first-order valence-corrected chi connectivity index (χ1v) is 8.03. The third kappa shape index (κ3) is 2.68. The second-order valence-corrected chi connectivity index (χ2v) is 7.61. The Bertz CT molecular complexity index is 324. The third-order valence-corrected chi connectivity index (χ3v) is 5.77. The quantitative estimate of drug-likeness (QED) is 0.715. The SMILES string of the molecule is CC(C)C(OC(=O)C1CC2CC1C(C)C2C)C(C)C. The van der Waals surface area contributed by atoms with Gasteiger partial charge in [-0.2, -0.15) is 0 Å². The first kappa shape index (κ1) is 14.9. The smallest absolute Gasteiger partial charge is 0.309 e. The van der Waals surface area contributed by atoms with Gasteiger partial charge < -0.3 is 4.74 Å². The number of fused-ring (bicyclic) bond motifs is 2. The molecule has 5 atom stereocenters. The summed E-state index contributed by atoms with van der Waals surface area (Å²) in [7, 11) is 0. The molecule has 0 spiro atoms. The maximum atomic E-state index is 12.5. The van der Waals surface area contributed by atoms with Crippen LogP contribution in [0.15, 0.2) is 0 Å². The summed E-state index contributed by atoms with van der Waals surface area (Å²) < 4.78 is 5.85. The van der Waals surface area contributed by atoms with E-state index in [4.69, 9.17) is 4.74 Å². The molecule has 0 radical (unpaired) electrons. The Morgan fingerprint density at radius 1 is 1.00 bits per heavy atom. The molecule has 2 bridgehead atoms. The van der Waals surface area contributed by atoms with E-state index in [1.807, 2.05) is 0 Å². The van der Waals surface area contributed by atoms with Crippen LogP contribution in [-0.2, 0) is 9.53 Å². The highest BCUT2D eigenvalue weighted by atomic mass is 16.5. The first-order valence-electron chi connectivity index (χ1n) is 8.03. The van der Waals surface area contributed by atoms with E-state index in [-0.39, 0.29) is 18.0 Å². The fraction of sp³-hybridized carbons (Fsp3) is 0.941. The summed E-state index contributed by atoms with van der Waals surface area (Å²) in [6, 6.07) is 0. The molecule has 0 saturated heterocycles. The van der Waals surface area contributed by atoms with Crippen LogP contribution >= 0.6 is 0 Å². The second-order valence-electron chi connectivity index (χ2n) is 7.61. The van der Waals surface area contributed by atoms with Gasteiger partial charge in [-0.05, 0) is 48.3 Å². The number of hydrogen-bond acceptors (Lipinski definition) is 2. The van der Waals surface area contributed by atoms with Gasteiger partial charge in [-0.15, -0.1) is 0 Å². The van der Waals surface area contributed by atoms with Crippen LogP contribution < -0.4 is 0 Å². The van der Waals surface area contributed by atoms with Crippen molar-refractivity contribution in [2.75, 3.05) is 0 Å². The van der Waals surface area contributed by atoms with E-state index in [1.165, 1.54) is 6.42 Å². The highest BCUT2D eigenvalue weighted by Crippen LogP contribution is 2.55. The summed E-state index contributed by atoms with van der Waals surface area (Å²) in [6.07, 6.45) is 2.38. The molecular weight excluding hydrogens is 236 g/mol. The van der Waals surface area contributed by atoms with Crippen LogP contribution in [0.2, 0.25) is 0 Å². The highest BCUT2D eigenvalue weighted by molar-refractivity contribution is 5.73. The van der Waals surface area contributed by atoms with Gasteiger partial charge in [0.25, 0.3) is 0 Å². The molecule has 19 heavy (non-hydrogen) atoms. The lowest BCUT2D eigenvalue weighted by Gasteiger charge is -2.33. The number of hydrogen-bond donors (Lipinski definition) is 0. The first-order chi connectivity index (χ1) is 8.82. The molecule has 2 heteroatoms. The molecule has 0 aliphatic heterocycles. The minimum absolute atomic E-state index is 0.0688. The third-order valence-electron chi connectivity index (χ3n) is 5.77. The molecule has 2 saturated carbocycles. The number of carbonyl (C=O) groups is 1. The zero-order valence-corrected chi connectivity index (χ0v) is 13.3. The molecule has 0 N–H and O–H groups in total. The molecule has 0 amide bonds. The lowest BCUT2D eigenvalue weighted by Crippen LogP contribution is -2.36. The van der Waals surface area contributed by atoms with E-state index in [0.717, 1.165) is 18.3 Å². The topological polar surface area (TPSA) is 26.3 Å². The van der Waals surface area contributed by atoms with Gasteiger partial charge >= 0.3 is 5.97 Å². The summed E-state index contributed by atoms with van der Waals surface area (Å²) in [5.74, 6) is 3.88. The van der Waals surface area contributed by atoms with Gasteiger partial charge in [0.1, 0.15) is 6.10 Å². The zero-order chi connectivity index (χ0) is 14.3. The Balaban J connectivity index is 1.98. The lowest BCUT2D eigenvalue weighted by atomic mass is 9.76. The van der Waals surface area contributed by atoms with Crippen LogP contribution in [0.1, 0.15) is 54.4 Å². The molecule has 2 fully saturated rings. The Morgan fingerprint density at radius 3 is 2.00 bits per heavy atom. The standard InChI is InChI=1S/C17H30O2/c1-9(2)16(10(3)4)19-17(18)15-8-13-7-14(15)12(6)11(13)5/h9-16H,7-8H2,1-6H3. The van der Waals surface area contributed by atoms with E-state index < -0.39 is 0 Å². The minimum Gasteiger partial charge on any atom is -0.462 e. The van der Waals surface area contributed by atoms with E-state index in [2.05, 4.69) is 41.5 Å². The maximum absolute atomic E-state index is 12.5. The molecule has 0 aromatic heterocycles. The van der Waals surface area contributed by atoms with Crippen LogP contribution in [-0.4, -0.2) is 12.1 Å². The maximum Gasteiger partial charge on any atom is 0.309 e. The van der Waals surface area contributed by atoms with Crippen LogP contribution in [0.25, 0.3) is 0 Å². The number of ether oxygens (including phenoxy) is 1. The van der Waals surface area contributed by atoms with E-state index in [9.17, 15) is 4.79 Å². The number of rotatable bonds is 4. The van der Waals surface area contributed by atoms with Gasteiger partial charge in [0.05, 0.1) is 5.92 Å². The van der Waals surface area contributed by atoms with Crippen molar-refractivity contribution in [2.45, 2.75) is 60.5 Å². The molecular formula is C17H30O2. The van der Waals surface area contributed by atoms with Crippen molar-refractivity contribution in [3.8, 4) is 0 Å². The van der Waals surface area contributed by atoms with Crippen molar-refractivity contribution in [1.29, 1.82) is 0 Å². The van der Waals surface area contributed by atoms with Crippen LogP contribution in [0.4, 0.5) is 0 Å². The second kappa shape index (κ2) is 5.46. The van der Waals surface area contributed by atoms with Gasteiger partial charge in [0.15, 0.2) is 0 Å².